The van der Waals surface area contributed by atoms with Gasteiger partial charge >= 0.3 is 6.18 Å². The maximum absolute atomic E-state index is 13.3. The standard InChI is InChI=1S/C20H20F5N7/c21-16(22)10-32-19-15(6-28-32)27-7-17(30-19)29-13-4-11-8-31(9-12(11)5-13)18-14(20(23,24)25)2-1-3-26-18/h1-3,6-7,11-13,16H,4-5,8-10H2,(H,29,30)/t11-,12+,13+. The van der Waals surface area contributed by atoms with Gasteiger partial charge in [-0.1, -0.05) is 0 Å². The molecule has 0 unspecified atom stereocenters. The van der Waals surface area contributed by atoms with E-state index in [1.807, 2.05) is 0 Å². The first-order valence-corrected chi connectivity index (χ1v) is 10.3. The van der Waals surface area contributed by atoms with Gasteiger partial charge in [-0.3, -0.25) is 0 Å². The second-order valence-electron chi connectivity index (χ2n) is 8.29. The van der Waals surface area contributed by atoms with Crippen LogP contribution in [0.25, 0.3) is 11.2 Å². The summed E-state index contributed by atoms with van der Waals surface area (Å²) in [5.74, 6) is 0.926. The molecule has 0 spiro atoms. The highest BCUT2D eigenvalue weighted by atomic mass is 19.4. The molecule has 4 heterocycles. The van der Waals surface area contributed by atoms with Crippen LogP contribution in [0.2, 0.25) is 0 Å². The largest absolute Gasteiger partial charge is 0.419 e. The molecule has 1 N–H and O–H groups in total. The van der Waals surface area contributed by atoms with Crippen LogP contribution in [0.5, 0.6) is 0 Å². The lowest BCUT2D eigenvalue weighted by molar-refractivity contribution is -0.137. The Hall–Kier alpha value is -3.05. The van der Waals surface area contributed by atoms with Gasteiger partial charge in [0, 0.05) is 25.3 Å². The zero-order valence-corrected chi connectivity index (χ0v) is 16.8. The molecule has 1 saturated heterocycles. The molecule has 12 heteroatoms. The molecular weight excluding hydrogens is 433 g/mol. The van der Waals surface area contributed by atoms with Crippen molar-refractivity contribution in [3.8, 4) is 0 Å². The molecule has 5 rings (SSSR count). The number of fused-ring (bicyclic) bond motifs is 2. The number of hydrogen-bond donors (Lipinski definition) is 1. The highest BCUT2D eigenvalue weighted by Gasteiger charge is 2.44. The number of halogens is 5. The number of aromatic nitrogens is 5. The van der Waals surface area contributed by atoms with Crippen LogP contribution in [0.3, 0.4) is 0 Å². The average molecular weight is 453 g/mol. The molecule has 0 radical (unpaired) electrons. The summed E-state index contributed by atoms with van der Waals surface area (Å²) in [5, 5.41) is 7.21. The molecule has 0 aromatic carbocycles. The van der Waals surface area contributed by atoms with Crippen LogP contribution in [0.15, 0.2) is 30.7 Å². The van der Waals surface area contributed by atoms with Gasteiger partial charge in [-0.25, -0.2) is 28.4 Å². The van der Waals surface area contributed by atoms with Gasteiger partial charge in [0.25, 0.3) is 6.43 Å². The van der Waals surface area contributed by atoms with Crippen molar-refractivity contribution in [2.24, 2.45) is 11.8 Å². The SMILES string of the molecule is FC(F)Cn1ncc2ncc(N[C@H]3C[C@@H]4CN(c5ncccc5C(F)(F)F)C[C@@H]4C3)nc21. The minimum atomic E-state index is -4.44. The van der Waals surface area contributed by atoms with Gasteiger partial charge < -0.3 is 10.2 Å². The maximum atomic E-state index is 13.3. The Bertz CT molecular complexity index is 1100. The first kappa shape index (κ1) is 20.8. The summed E-state index contributed by atoms with van der Waals surface area (Å²) in [4.78, 5) is 14.4. The average Bonchev–Trinajstić information content (AvgIpc) is 3.41. The van der Waals surface area contributed by atoms with Gasteiger partial charge in [0.15, 0.2) is 5.65 Å². The fraction of sp³-hybridized carbons (Fsp3) is 0.500. The number of pyridine rings is 1. The second-order valence-corrected chi connectivity index (χ2v) is 8.29. The monoisotopic (exact) mass is 453 g/mol. The molecule has 2 aliphatic rings. The molecule has 1 aliphatic heterocycles. The predicted molar refractivity (Wildman–Crippen MR) is 106 cm³/mol. The number of anilines is 2. The third-order valence-corrected chi connectivity index (χ3v) is 6.15. The summed E-state index contributed by atoms with van der Waals surface area (Å²) in [7, 11) is 0. The van der Waals surface area contributed by atoms with E-state index in [2.05, 4.69) is 25.4 Å². The van der Waals surface area contributed by atoms with Crippen molar-refractivity contribution in [3.63, 3.8) is 0 Å². The molecule has 1 aliphatic carbocycles. The molecule has 170 valence electrons. The number of rotatable bonds is 5. The van der Waals surface area contributed by atoms with Crippen molar-refractivity contribution < 1.29 is 22.0 Å². The minimum Gasteiger partial charge on any atom is -0.366 e. The zero-order chi connectivity index (χ0) is 22.5. The van der Waals surface area contributed by atoms with Crippen LogP contribution in [0.4, 0.5) is 33.6 Å². The van der Waals surface area contributed by atoms with E-state index in [1.54, 1.807) is 11.1 Å². The first-order chi connectivity index (χ1) is 15.3. The molecule has 3 aromatic rings. The van der Waals surface area contributed by atoms with Gasteiger partial charge in [-0.15, -0.1) is 0 Å². The zero-order valence-electron chi connectivity index (χ0n) is 16.8. The third kappa shape index (κ3) is 3.93. The highest BCUT2D eigenvalue weighted by molar-refractivity contribution is 5.71. The molecule has 2 fully saturated rings. The van der Waals surface area contributed by atoms with Gasteiger partial charge in [-0.2, -0.15) is 18.3 Å². The molecule has 32 heavy (non-hydrogen) atoms. The molecule has 3 aromatic heterocycles. The van der Waals surface area contributed by atoms with Crippen molar-refractivity contribution >= 4 is 22.8 Å². The highest BCUT2D eigenvalue weighted by Crippen LogP contribution is 2.43. The summed E-state index contributed by atoms with van der Waals surface area (Å²) in [6.45, 7) is 0.460. The lowest BCUT2D eigenvalue weighted by Gasteiger charge is -2.23. The fourth-order valence-corrected chi connectivity index (χ4v) is 4.85. The molecule has 7 nitrogen and oxygen atoms in total. The van der Waals surface area contributed by atoms with Crippen LogP contribution in [-0.4, -0.2) is 50.3 Å². The first-order valence-electron chi connectivity index (χ1n) is 10.3. The summed E-state index contributed by atoms with van der Waals surface area (Å²) < 4.78 is 66.6. The smallest absolute Gasteiger partial charge is 0.366 e. The Balaban J connectivity index is 1.26. The number of hydrogen-bond acceptors (Lipinski definition) is 6. The van der Waals surface area contributed by atoms with Crippen LogP contribution in [-0.2, 0) is 12.7 Å². The maximum Gasteiger partial charge on any atom is 0.419 e. The summed E-state index contributed by atoms with van der Waals surface area (Å²) in [5.41, 5.74) is 0.0131. The Morgan fingerprint density at radius 3 is 2.53 bits per heavy atom. The van der Waals surface area contributed by atoms with Gasteiger partial charge in [-0.05, 0) is 36.8 Å². The van der Waals surface area contributed by atoms with E-state index in [-0.39, 0.29) is 29.3 Å². The van der Waals surface area contributed by atoms with E-state index in [4.69, 9.17) is 0 Å². The van der Waals surface area contributed by atoms with Crippen LogP contribution >= 0.6 is 0 Å². The molecule has 3 atom stereocenters. The lowest BCUT2D eigenvalue weighted by atomic mass is 10.0. The van der Waals surface area contributed by atoms with Crippen molar-refractivity contribution in [1.29, 1.82) is 0 Å². The Morgan fingerprint density at radius 1 is 1.09 bits per heavy atom. The van der Waals surface area contributed by atoms with Gasteiger partial charge in [0.05, 0.1) is 18.0 Å². The van der Waals surface area contributed by atoms with E-state index in [0.717, 1.165) is 23.6 Å². The van der Waals surface area contributed by atoms with E-state index in [1.165, 1.54) is 18.5 Å². The molecular formula is C20H20F5N7. The minimum absolute atomic E-state index is 0.0116. The van der Waals surface area contributed by atoms with E-state index in [9.17, 15) is 22.0 Å². The molecule has 0 amide bonds. The lowest BCUT2D eigenvalue weighted by Crippen LogP contribution is -2.28. The van der Waals surface area contributed by atoms with Crippen molar-refractivity contribution in [1.82, 2.24) is 24.7 Å². The number of alkyl halides is 5. The Kier molecular flexibility index (Phi) is 5.09. The van der Waals surface area contributed by atoms with Crippen LogP contribution < -0.4 is 10.2 Å². The van der Waals surface area contributed by atoms with Crippen molar-refractivity contribution in [3.05, 3.63) is 36.3 Å². The van der Waals surface area contributed by atoms with Crippen molar-refractivity contribution in [2.75, 3.05) is 23.3 Å². The number of nitrogens with one attached hydrogen (secondary N) is 1. The third-order valence-electron chi connectivity index (χ3n) is 6.15. The van der Waals surface area contributed by atoms with E-state index < -0.39 is 24.7 Å². The van der Waals surface area contributed by atoms with Crippen LogP contribution in [0, 0.1) is 11.8 Å². The summed E-state index contributed by atoms with van der Waals surface area (Å²) in [6.07, 6.45) is -1.13. The van der Waals surface area contributed by atoms with E-state index >= 15 is 0 Å². The van der Waals surface area contributed by atoms with E-state index in [0.29, 0.717) is 24.4 Å². The van der Waals surface area contributed by atoms with Crippen LogP contribution in [0.1, 0.15) is 18.4 Å². The molecule has 1 saturated carbocycles. The predicted octanol–water partition coefficient (Wildman–Crippen LogP) is 3.83. The second kappa shape index (κ2) is 7.82. The normalized spacial score (nSPS) is 23.3. The van der Waals surface area contributed by atoms with Gasteiger partial charge in [0.2, 0.25) is 0 Å². The number of nitrogens with zero attached hydrogens (tertiary/aromatic N) is 6. The Morgan fingerprint density at radius 2 is 1.84 bits per heavy atom. The summed E-state index contributed by atoms with van der Waals surface area (Å²) in [6, 6.07) is 2.44. The fourth-order valence-electron chi connectivity index (χ4n) is 4.85. The topological polar surface area (TPSA) is 71.8 Å². The van der Waals surface area contributed by atoms with Crippen molar-refractivity contribution in [2.45, 2.75) is 38.0 Å². The summed E-state index contributed by atoms with van der Waals surface area (Å²) >= 11 is 0. The molecule has 0 bridgehead atoms. The van der Waals surface area contributed by atoms with Gasteiger partial charge in [0.1, 0.15) is 23.7 Å². The Labute approximate surface area is 179 Å². The quantitative estimate of drug-likeness (QED) is 0.592.